The molecule has 0 saturated heterocycles. The van der Waals surface area contributed by atoms with Gasteiger partial charge in [-0.15, -0.1) is 11.8 Å². The summed E-state index contributed by atoms with van der Waals surface area (Å²) in [6, 6.07) is 10.8. The van der Waals surface area contributed by atoms with Crippen molar-refractivity contribution in [2.45, 2.75) is 17.6 Å². The summed E-state index contributed by atoms with van der Waals surface area (Å²) in [6.45, 7) is 1.92. The van der Waals surface area contributed by atoms with Crippen LogP contribution in [0.5, 0.6) is 0 Å². The number of thioether (sulfide) groups is 1. The summed E-state index contributed by atoms with van der Waals surface area (Å²) in [7, 11) is 0. The van der Waals surface area contributed by atoms with E-state index in [0.29, 0.717) is 16.2 Å². The second-order valence-corrected chi connectivity index (χ2v) is 6.00. The third kappa shape index (κ3) is 3.04. The van der Waals surface area contributed by atoms with Crippen LogP contribution < -0.4 is 5.63 Å². The van der Waals surface area contributed by atoms with Crippen molar-refractivity contribution in [3.8, 4) is 0 Å². The van der Waals surface area contributed by atoms with Gasteiger partial charge in [-0.25, -0.2) is 13.6 Å². The van der Waals surface area contributed by atoms with Crippen LogP contribution in [-0.2, 0) is 5.75 Å². The third-order valence-electron chi connectivity index (χ3n) is 3.27. The molecule has 0 aliphatic rings. The van der Waals surface area contributed by atoms with Crippen molar-refractivity contribution < 1.29 is 13.2 Å². The second-order valence-electron chi connectivity index (χ2n) is 4.95. The fraction of sp³-hybridized carbons (Fsp3) is 0.118. The van der Waals surface area contributed by atoms with Crippen LogP contribution in [0.4, 0.5) is 8.78 Å². The summed E-state index contributed by atoms with van der Waals surface area (Å²) in [4.78, 5) is 12.2. The van der Waals surface area contributed by atoms with Gasteiger partial charge in [0.1, 0.15) is 5.58 Å². The van der Waals surface area contributed by atoms with Crippen molar-refractivity contribution in [2.75, 3.05) is 0 Å². The molecular weight excluding hydrogens is 306 g/mol. The predicted octanol–water partition coefficient (Wildman–Crippen LogP) is 4.67. The molecule has 0 amide bonds. The summed E-state index contributed by atoms with van der Waals surface area (Å²) >= 11 is 1.34. The van der Waals surface area contributed by atoms with Gasteiger partial charge in [0, 0.05) is 22.1 Å². The molecule has 22 heavy (non-hydrogen) atoms. The van der Waals surface area contributed by atoms with E-state index in [9.17, 15) is 13.6 Å². The molecule has 0 fully saturated rings. The van der Waals surface area contributed by atoms with E-state index in [1.165, 1.54) is 23.9 Å². The van der Waals surface area contributed by atoms with E-state index in [1.54, 1.807) is 0 Å². The first-order valence-corrected chi connectivity index (χ1v) is 7.63. The van der Waals surface area contributed by atoms with E-state index >= 15 is 0 Å². The standard InChI is InChI=1S/C17H12F2O2S/c1-10-2-4-13-11(7-17(20)21-16(13)6-10)9-22-12-3-5-14(18)15(19)8-12/h2-8H,9H2,1H3. The minimum absolute atomic E-state index is 0.418. The summed E-state index contributed by atoms with van der Waals surface area (Å²) in [5.74, 6) is -1.28. The molecule has 2 nitrogen and oxygen atoms in total. The first-order valence-electron chi connectivity index (χ1n) is 6.64. The van der Waals surface area contributed by atoms with E-state index < -0.39 is 17.3 Å². The zero-order valence-electron chi connectivity index (χ0n) is 11.7. The van der Waals surface area contributed by atoms with Crippen molar-refractivity contribution in [3.63, 3.8) is 0 Å². The third-order valence-corrected chi connectivity index (χ3v) is 4.31. The van der Waals surface area contributed by atoms with E-state index in [4.69, 9.17) is 4.42 Å². The van der Waals surface area contributed by atoms with Gasteiger partial charge in [-0.2, -0.15) is 0 Å². The smallest absolute Gasteiger partial charge is 0.336 e. The van der Waals surface area contributed by atoms with Crippen molar-refractivity contribution in [2.24, 2.45) is 0 Å². The Labute approximate surface area is 129 Å². The Bertz CT molecular complexity index is 903. The number of benzene rings is 2. The van der Waals surface area contributed by atoms with E-state index in [1.807, 2.05) is 25.1 Å². The maximum absolute atomic E-state index is 13.2. The Kier molecular flexibility index (Phi) is 3.98. The molecule has 0 unspecified atom stereocenters. The Morgan fingerprint density at radius 3 is 2.64 bits per heavy atom. The molecule has 0 saturated carbocycles. The monoisotopic (exact) mass is 318 g/mol. The summed E-state index contributed by atoms with van der Waals surface area (Å²) in [6.07, 6.45) is 0. The summed E-state index contributed by atoms with van der Waals surface area (Å²) in [5, 5.41) is 0.847. The van der Waals surface area contributed by atoms with Gasteiger partial charge in [-0.3, -0.25) is 0 Å². The van der Waals surface area contributed by atoms with Crippen LogP contribution in [0.2, 0.25) is 0 Å². The molecule has 0 spiro atoms. The molecule has 3 rings (SSSR count). The highest BCUT2D eigenvalue weighted by atomic mass is 32.2. The molecule has 0 N–H and O–H groups in total. The Morgan fingerprint density at radius 2 is 1.86 bits per heavy atom. The lowest BCUT2D eigenvalue weighted by Gasteiger charge is -2.06. The van der Waals surface area contributed by atoms with Crippen molar-refractivity contribution in [3.05, 3.63) is 75.6 Å². The topological polar surface area (TPSA) is 30.2 Å². The van der Waals surface area contributed by atoms with E-state index in [2.05, 4.69) is 0 Å². The van der Waals surface area contributed by atoms with Gasteiger partial charge in [0.25, 0.3) is 0 Å². The number of hydrogen-bond acceptors (Lipinski definition) is 3. The van der Waals surface area contributed by atoms with Crippen molar-refractivity contribution in [1.82, 2.24) is 0 Å². The molecular formula is C17H12F2O2S. The highest BCUT2D eigenvalue weighted by Gasteiger charge is 2.08. The van der Waals surface area contributed by atoms with Gasteiger partial charge >= 0.3 is 5.63 Å². The van der Waals surface area contributed by atoms with Crippen LogP contribution in [0.1, 0.15) is 11.1 Å². The molecule has 5 heteroatoms. The minimum atomic E-state index is -0.877. The van der Waals surface area contributed by atoms with Gasteiger partial charge < -0.3 is 4.42 Å². The van der Waals surface area contributed by atoms with Crippen LogP contribution >= 0.6 is 11.8 Å². The van der Waals surface area contributed by atoms with Crippen LogP contribution in [0.15, 0.2) is 56.6 Å². The maximum atomic E-state index is 13.2. The molecule has 0 atom stereocenters. The maximum Gasteiger partial charge on any atom is 0.336 e. The highest BCUT2D eigenvalue weighted by molar-refractivity contribution is 7.98. The molecule has 0 radical (unpaired) electrons. The van der Waals surface area contributed by atoms with Gasteiger partial charge in [0.05, 0.1) is 0 Å². The average Bonchev–Trinajstić information content (AvgIpc) is 2.47. The lowest BCUT2D eigenvalue weighted by atomic mass is 10.1. The zero-order chi connectivity index (χ0) is 15.7. The first kappa shape index (κ1) is 14.8. The number of halogens is 2. The number of aryl methyl sites for hydroxylation is 1. The number of fused-ring (bicyclic) bond motifs is 1. The zero-order valence-corrected chi connectivity index (χ0v) is 12.5. The summed E-state index contributed by atoms with van der Waals surface area (Å²) in [5.41, 5.74) is 1.93. The van der Waals surface area contributed by atoms with E-state index in [-0.39, 0.29) is 0 Å². The van der Waals surface area contributed by atoms with Gasteiger partial charge in [-0.05, 0) is 42.3 Å². The molecule has 1 heterocycles. The normalized spacial score (nSPS) is 11.0. The second kappa shape index (κ2) is 5.93. The summed E-state index contributed by atoms with van der Waals surface area (Å²) < 4.78 is 31.3. The lowest BCUT2D eigenvalue weighted by molar-refractivity contribution is 0.506. The van der Waals surface area contributed by atoms with Crippen molar-refractivity contribution >= 4 is 22.7 Å². The van der Waals surface area contributed by atoms with Crippen LogP contribution in [0, 0.1) is 18.6 Å². The minimum Gasteiger partial charge on any atom is -0.423 e. The average molecular weight is 318 g/mol. The highest BCUT2D eigenvalue weighted by Crippen LogP contribution is 2.27. The van der Waals surface area contributed by atoms with Gasteiger partial charge in [-0.1, -0.05) is 12.1 Å². The van der Waals surface area contributed by atoms with Crippen LogP contribution in [0.25, 0.3) is 11.0 Å². The SMILES string of the molecule is Cc1ccc2c(CSc3ccc(F)c(F)c3)cc(=O)oc2c1. The molecule has 0 aliphatic heterocycles. The number of hydrogen-bond donors (Lipinski definition) is 0. The largest absolute Gasteiger partial charge is 0.423 e. The Balaban J connectivity index is 1.93. The number of rotatable bonds is 3. The fourth-order valence-electron chi connectivity index (χ4n) is 2.18. The van der Waals surface area contributed by atoms with Crippen molar-refractivity contribution in [1.29, 1.82) is 0 Å². The lowest BCUT2D eigenvalue weighted by Crippen LogP contribution is -2.00. The van der Waals surface area contributed by atoms with E-state index in [0.717, 1.165) is 28.6 Å². The predicted molar refractivity (Wildman–Crippen MR) is 83.1 cm³/mol. The molecule has 0 aliphatic carbocycles. The molecule has 0 bridgehead atoms. The molecule has 2 aromatic carbocycles. The molecule has 1 aromatic heterocycles. The first-order chi connectivity index (χ1) is 10.5. The molecule has 3 aromatic rings. The Morgan fingerprint density at radius 1 is 1.05 bits per heavy atom. The van der Waals surface area contributed by atoms with Crippen LogP contribution in [-0.4, -0.2) is 0 Å². The van der Waals surface area contributed by atoms with Crippen LogP contribution in [0.3, 0.4) is 0 Å². The fourth-order valence-corrected chi connectivity index (χ4v) is 3.10. The van der Waals surface area contributed by atoms with Gasteiger partial charge in [0.2, 0.25) is 0 Å². The van der Waals surface area contributed by atoms with Gasteiger partial charge in [0.15, 0.2) is 11.6 Å². The Hall–Kier alpha value is -2.14. The molecule has 112 valence electrons. The quantitative estimate of drug-likeness (QED) is 0.519.